The zero-order valence-corrected chi connectivity index (χ0v) is 15.6. The third-order valence-corrected chi connectivity index (χ3v) is 5.58. The quantitative estimate of drug-likeness (QED) is 0.708. The van der Waals surface area contributed by atoms with Gasteiger partial charge in [-0.1, -0.05) is 24.3 Å². The van der Waals surface area contributed by atoms with Crippen LogP contribution in [0.3, 0.4) is 0 Å². The number of piperidine rings is 1. The van der Waals surface area contributed by atoms with Crippen LogP contribution in [0.2, 0.25) is 0 Å². The Morgan fingerprint density at radius 1 is 1.19 bits per heavy atom. The molecular formula is C22H25N3O2. The van der Waals surface area contributed by atoms with Gasteiger partial charge in [-0.3, -0.25) is 4.79 Å². The van der Waals surface area contributed by atoms with E-state index in [-0.39, 0.29) is 5.78 Å². The van der Waals surface area contributed by atoms with Crippen LogP contribution in [0.5, 0.6) is 0 Å². The second kappa shape index (κ2) is 7.62. The number of pyridine rings is 1. The van der Waals surface area contributed by atoms with E-state index >= 15 is 0 Å². The van der Waals surface area contributed by atoms with Gasteiger partial charge in [-0.15, -0.1) is 0 Å². The minimum Gasteiger partial charge on any atom is -0.388 e. The molecule has 4 rings (SSSR count). The highest BCUT2D eigenvalue weighted by atomic mass is 16.3. The SMILES string of the molecule is CN1CCC(c2cnc3c(ccn3Cc3ccc(C(=O)CO)cc3)c2)CC1. The molecular weight excluding hydrogens is 338 g/mol. The fourth-order valence-corrected chi connectivity index (χ4v) is 3.87. The first-order chi connectivity index (χ1) is 13.1. The lowest BCUT2D eigenvalue weighted by Crippen LogP contribution is -2.29. The molecule has 0 amide bonds. The summed E-state index contributed by atoms with van der Waals surface area (Å²) in [6.07, 6.45) is 6.51. The third kappa shape index (κ3) is 3.80. The number of aliphatic hydroxyl groups excluding tert-OH is 1. The predicted molar refractivity (Wildman–Crippen MR) is 106 cm³/mol. The van der Waals surface area contributed by atoms with E-state index in [4.69, 9.17) is 10.1 Å². The molecule has 3 heterocycles. The number of carbonyl (C=O) groups is 1. The number of nitrogens with zero attached hydrogens (tertiary/aromatic N) is 3. The summed E-state index contributed by atoms with van der Waals surface area (Å²) in [4.78, 5) is 18.7. The fraction of sp³-hybridized carbons (Fsp3) is 0.364. The van der Waals surface area contributed by atoms with Crippen molar-refractivity contribution < 1.29 is 9.90 Å². The van der Waals surface area contributed by atoms with Crippen LogP contribution < -0.4 is 0 Å². The Balaban J connectivity index is 1.52. The predicted octanol–water partition coefficient (Wildman–Crippen LogP) is 3.07. The van der Waals surface area contributed by atoms with Crippen LogP contribution in [0.4, 0.5) is 0 Å². The van der Waals surface area contributed by atoms with Gasteiger partial charge in [0.05, 0.1) is 0 Å². The molecule has 2 aromatic heterocycles. The number of rotatable bonds is 5. The molecule has 1 saturated heterocycles. The average Bonchev–Trinajstić information content (AvgIpc) is 3.10. The van der Waals surface area contributed by atoms with Crippen molar-refractivity contribution in [1.82, 2.24) is 14.5 Å². The number of carbonyl (C=O) groups excluding carboxylic acids is 1. The second-order valence-electron chi connectivity index (χ2n) is 7.48. The molecule has 0 spiro atoms. The molecule has 0 aliphatic carbocycles. The van der Waals surface area contributed by atoms with Gasteiger partial charge in [0.15, 0.2) is 5.78 Å². The Kier molecular flexibility index (Phi) is 5.05. The summed E-state index contributed by atoms with van der Waals surface area (Å²) in [5.41, 5.74) is 3.98. The minimum absolute atomic E-state index is 0.254. The summed E-state index contributed by atoms with van der Waals surface area (Å²) in [5.74, 6) is 0.356. The van der Waals surface area contributed by atoms with Crippen molar-refractivity contribution >= 4 is 16.8 Å². The topological polar surface area (TPSA) is 58.4 Å². The van der Waals surface area contributed by atoms with Crippen LogP contribution in [0.25, 0.3) is 11.0 Å². The number of Topliss-reactive ketones (excluding diaryl/α,β-unsaturated/α-hetero) is 1. The van der Waals surface area contributed by atoms with Crippen molar-refractivity contribution in [2.45, 2.75) is 25.3 Å². The molecule has 1 aliphatic heterocycles. The number of benzene rings is 1. The van der Waals surface area contributed by atoms with E-state index in [1.807, 2.05) is 18.3 Å². The lowest BCUT2D eigenvalue weighted by Gasteiger charge is -2.29. The maximum atomic E-state index is 11.5. The van der Waals surface area contributed by atoms with Crippen molar-refractivity contribution in [2.75, 3.05) is 26.7 Å². The van der Waals surface area contributed by atoms with E-state index in [1.54, 1.807) is 12.1 Å². The van der Waals surface area contributed by atoms with Gasteiger partial charge in [0.2, 0.25) is 0 Å². The molecule has 0 radical (unpaired) electrons. The van der Waals surface area contributed by atoms with Gasteiger partial charge >= 0.3 is 0 Å². The molecule has 1 fully saturated rings. The summed E-state index contributed by atoms with van der Waals surface area (Å²) in [5, 5.41) is 10.1. The maximum Gasteiger partial charge on any atom is 0.188 e. The Morgan fingerprint density at radius 2 is 1.93 bits per heavy atom. The number of ketones is 1. The zero-order valence-electron chi connectivity index (χ0n) is 15.6. The van der Waals surface area contributed by atoms with Crippen LogP contribution in [0.15, 0.2) is 48.8 Å². The molecule has 5 nitrogen and oxygen atoms in total. The molecule has 27 heavy (non-hydrogen) atoms. The van der Waals surface area contributed by atoms with E-state index in [2.05, 4.69) is 34.8 Å². The van der Waals surface area contributed by atoms with Gasteiger partial charge in [0.1, 0.15) is 12.3 Å². The summed E-state index contributed by atoms with van der Waals surface area (Å²) < 4.78 is 2.14. The lowest BCUT2D eigenvalue weighted by molar-refractivity contribution is 0.0903. The van der Waals surface area contributed by atoms with E-state index < -0.39 is 6.61 Å². The van der Waals surface area contributed by atoms with Crippen molar-refractivity contribution in [3.05, 3.63) is 65.5 Å². The van der Waals surface area contributed by atoms with Crippen LogP contribution in [0.1, 0.15) is 40.2 Å². The second-order valence-corrected chi connectivity index (χ2v) is 7.48. The van der Waals surface area contributed by atoms with E-state index in [0.29, 0.717) is 18.0 Å². The molecule has 0 bridgehead atoms. The van der Waals surface area contributed by atoms with Gasteiger partial charge in [-0.2, -0.15) is 0 Å². The molecule has 5 heteroatoms. The molecule has 1 aliphatic rings. The number of likely N-dealkylation sites (tertiary alicyclic amines) is 1. The van der Waals surface area contributed by atoms with Crippen molar-refractivity contribution in [2.24, 2.45) is 0 Å². The normalized spacial score (nSPS) is 16.1. The number of hydrogen-bond donors (Lipinski definition) is 1. The van der Waals surface area contributed by atoms with E-state index in [9.17, 15) is 4.79 Å². The van der Waals surface area contributed by atoms with Gasteiger partial charge in [0, 0.05) is 29.9 Å². The van der Waals surface area contributed by atoms with Crippen molar-refractivity contribution in [3.63, 3.8) is 0 Å². The number of fused-ring (bicyclic) bond motifs is 1. The summed E-state index contributed by atoms with van der Waals surface area (Å²) in [6, 6.07) is 11.8. The van der Waals surface area contributed by atoms with E-state index in [0.717, 1.165) is 24.3 Å². The van der Waals surface area contributed by atoms with Crippen LogP contribution in [-0.2, 0) is 6.54 Å². The molecule has 0 unspecified atom stereocenters. The smallest absolute Gasteiger partial charge is 0.188 e. The highest BCUT2D eigenvalue weighted by Crippen LogP contribution is 2.29. The summed E-state index contributed by atoms with van der Waals surface area (Å²) >= 11 is 0. The molecule has 140 valence electrons. The van der Waals surface area contributed by atoms with Crippen LogP contribution in [0, 0.1) is 0 Å². The molecule has 1 N–H and O–H groups in total. The summed E-state index contributed by atoms with van der Waals surface area (Å²) in [6.45, 7) is 2.56. The van der Waals surface area contributed by atoms with Gasteiger partial charge in [-0.05, 0) is 62.2 Å². The zero-order chi connectivity index (χ0) is 18.8. The monoisotopic (exact) mass is 363 g/mol. The maximum absolute atomic E-state index is 11.5. The first-order valence-corrected chi connectivity index (χ1v) is 9.50. The molecule has 3 aromatic rings. The molecule has 1 aromatic carbocycles. The summed E-state index contributed by atoms with van der Waals surface area (Å²) in [7, 11) is 2.18. The average molecular weight is 363 g/mol. The fourth-order valence-electron chi connectivity index (χ4n) is 3.87. The number of aliphatic hydroxyl groups is 1. The standard InChI is InChI=1S/C22H25N3O2/c1-24-9-6-17(7-10-24)20-12-19-8-11-25(22(19)23-13-20)14-16-2-4-18(5-3-16)21(27)15-26/h2-5,8,11-13,17,26H,6-7,9-10,14-15H2,1H3. The van der Waals surface area contributed by atoms with Crippen molar-refractivity contribution in [3.8, 4) is 0 Å². The first-order valence-electron chi connectivity index (χ1n) is 9.50. The Hall–Kier alpha value is -2.50. The van der Waals surface area contributed by atoms with Crippen LogP contribution >= 0.6 is 0 Å². The van der Waals surface area contributed by atoms with Gasteiger partial charge < -0.3 is 14.6 Å². The lowest BCUT2D eigenvalue weighted by atomic mass is 9.90. The Labute approximate surface area is 159 Å². The molecule has 0 saturated carbocycles. The Morgan fingerprint density at radius 3 is 2.63 bits per heavy atom. The van der Waals surface area contributed by atoms with Gasteiger partial charge in [-0.25, -0.2) is 4.98 Å². The van der Waals surface area contributed by atoms with Crippen LogP contribution in [-0.4, -0.2) is 52.1 Å². The van der Waals surface area contributed by atoms with E-state index in [1.165, 1.54) is 23.8 Å². The Bertz CT molecular complexity index is 938. The highest BCUT2D eigenvalue weighted by molar-refractivity contribution is 5.96. The number of aromatic nitrogens is 2. The van der Waals surface area contributed by atoms with Gasteiger partial charge in [0.25, 0.3) is 0 Å². The number of hydrogen-bond acceptors (Lipinski definition) is 4. The highest BCUT2D eigenvalue weighted by Gasteiger charge is 2.19. The molecule has 0 atom stereocenters. The van der Waals surface area contributed by atoms with Crippen molar-refractivity contribution in [1.29, 1.82) is 0 Å². The first kappa shape index (κ1) is 17.9. The largest absolute Gasteiger partial charge is 0.388 e. The third-order valence-electron chi connectivity index (χ3n) is 5.58. The minimum atomic E-state index is -0.453.